The molecule has 164 valence electrons. The topological polar surface area (TPSA) is 195 Å². The Balaban J connectivity index is 1.94. The fourth-order valence-electron chi connectivity index (χ4n) is 3.72. The Labute approximate surface area is 181 Å². The fourth-order valence-corrected chi connectivity index (χ4v) is 5.34. The van der Waals surface area contributed by atoms with Crippen LogP contribution in [0.5, 0.6) is 0 Å². The molecule has 0 fully saturated rings. The third-order valence-corrected chi connectivity index (χ3v) is 7.64. The highest BCUT2D eigenvalue weighted by Crippen LogP contribution is 2.47. The first-order valence-electron chi connectivity index (χ1n) is 8.66. The molecule has 4 N–H and O–H groups in total. The lowest BCUT2D eigenvalue weighted by Crippen LogP contribution is -2.12. The number of sulfonamides is 1. The second kappa shape index (κ2) is 6.28. The van der Waals surface area contributed by atoms with E-state index in [2.05, 4.69) is 9.97 Å². The van der Waals surface area contributed by atoms with Gasteiger partial charge < -0.3 is 0 Å². The lowest BCUT2D eigenvalue weighted by molar-refractivity contribution is 0.481. The van der Waals surface area contributed by atoms with Crippen LogP contribution in [0.2, 0.25) is 0 Å². The second-order valence-electron chi connectivity index (χ2n) is 7.11. The summed E-state index contributed by atoms with van der Waals surface area (Å²) < 4.78 is 89.6. The predicted octanol–water partition coefficient (Wildman–Crippen LogP) is 1.57. The summed E-state index contributed by atoms with van der Waals surface area (Å²) in [5.41, 5.74) is 1.25. The maximum atomic E-state index is 11.8. The van der Waals surface area contributed by atoms with Crippen molar-refractivity contribution in [1.82, 2.24) is 9.97 Å². The molecule has 3 aromatic carbocycles. The molecular formula is C18H11N3O8S3. The first-order chi connectivity index (χ1) is 14.7. The molecule has 0 atom stereocenters. The number of hydrogen-bond acceptors (Lipinski definition) is 8. The molecule has 11 nitrogen and oxygen atoms in total. The Morgan fingerprint density at radius 1 is 0.656 bits per heavy atom. The number of aromatic nitrogens is 2. The highest BCUT2D eigenvalue weighted by Gasteiger charge is 2.29. The summed E-state index contributed by atoms with van der Waals surface area (Å²) in [6.07, 6.45) is 0. The molecule has 5 rings (SSSR count). The van der Waals surface area contributed by atoms with Gasteiger partial charge in [0.25, 0.3) is 20.2 Å². The number of nitrogens with zero attached hydrogens (tertiary/aromatic N) is 2. The summed E-state index contributed by atoms with van der Waals surface area (Å²) in [6.45, 7) is 0. The number of primary sulfonamides is 1. The molecule has 14 heteroatoms. The van der Waals surface area contributed by atoms with Crippen LogP contribution in [0.1, 0.15) is 0 Å². The maximum absolute atomic E-state index is 11.8. The second-order valence-corrected chi connectivity index (χ2v) is 11.5. The van der Waals surface area contributed by atoms with Crippen LogP contribution in [0.4, 0.5) is 0 Å². The van der Waals surface area contributed by atoms with E-state index in [1.807, 2.05) is 0 Å². The summed E-state index contributed by atoms with van der Waals surface area (Å²) in [4.78, 5) is 7.63. The van der Waals surface area contributed by atoms with Gasteiger partial charge in [-0.15, -0.1) is 0 Å². The minimum absolute atomic E-state index is 0.106. The van der Waals surface area contributed by atoms with Gasteiger partial charge in [-0.1, -0.05) is 0 Å². The summed E-state index contributed by atoms with van der Waals surface area (Å²) >= 11 is 0. The first-order valence-corrected chi connectivity index (χ1v) is 13.1. The van der Waals surface area contributed by atoms with Gasteiger partial charge in [0.2, 0.25) is 10.0 Å². The van der Waals surface area contributed by atoms with Crippen LogP contribution in [0.15, 0.2) is 57.2 Å². The van der Waals surface area contributed by atoms with Crippen molar-refractivity contribution in [2.45, 2.75) is 14.7 Å². The van der Waals surface area contributed by atoms with Gasteiger partial charge in [0.15, 0.2) is 0 Å². The zero-order valence-corrected chi connectivity index (χ0v) is 18.0. The van der Waals surface area contributed by atoms with Crippen molar-refractivity contribution < 1.29 is 34.4 Å². The van der Waals surface area contributed by atoms with E-state index >= 15 is 0 Å². The summed E-state index contributed by atoms with van der Waals surface area (Å²) in [7, 11) is -13.4. The Kier molecular flexibility index (Phi) is 4.09. The van der Waals surface area contributed by atoms with Crippen LogP contribution >= 0.6 is 0 Å². The summed E-state index contributed by atoms with van der Waals surface area (Å²) in [5, 5.41) is 5.68. The monoisotopic (exact) mass is 493 g/mol. The number of fused-ring (bicyclic) bond motifs is 4. The van der Waals surface area contributed by atoms with E-state index in [0.717, 1.165) is 18.2 Å². The number of rotatable bonds is 3. The molecule has 0 spiro atoms. The van der Waals surface area contributed by atoms with Gasteiger partial charge >= 0.3 is 0 Å². The average molecular weight is 494 g/mol. The van der Waals surface area contributed by atoms with Gasteiger partial charge in [0, 0.05) is 16.5 Å². The average Bonchev–Trinajstić information content (AvgIpc) is 2.98. The highest BCUT2D eigenvalue weighted by atomic mass is 32.2. The quantitative estimate of drug-likeness (QED) is 0.310. The van der Waals surface area contributed by atoms with Crippen LogP contribution < -0.4 is 5.14 Å². The van der Waals surface area contributed by atoms with E-state index in [1.54, 1.807) is 0 Å². The van der Waals surface area contributed by atoms with Crippen molar-refractivity contribution in [3.05, 3.63) is 42.5 Å². The Hall–Kier alpha value is -3.01. The Morgan fingerprint density at radius 2 is 1.16 bits per heavy atom. The van der Waals surface area contributed by atoms with Crippen LogP contribution in [-0.2, 0) is 30.3 Å². The van der Waals surface area contributed by atoms with E-state index in [4.69, 9.17) is 5.14 Å². The van der Waals surface area contributed by atoms with Gasteiger partial charge in [-0.3, -0.25) is 9.11 Å². The van der Waals surface area contributed by atoms with E-state index in [9.17, 15) is 34.4 Å². The van der Waals surface area contributed by atoms with Gasteiger partial charge in [-0.05, 0) is 47.9 Å². The first kappa shape index (κ1) is 20.9. The van der Waals surface area contributed by atoms with Crippen molar-refractivity contribution in [3.63, 3.8) is 0 Å². The molecule has 1 aliphatic carbocycles. The summed E-state index contributed by atoms with van der Waals surface area (Å²) in [6, 6.07) is 8.28. The van der Waals surface area contributed by atoms with E-state index < -0.39 is 40.1 Å². The predicted molar refractivity (Wildman–Crippen MR) is 112 cm³/mol. The molecular weight excluding hydrogens is 482 g/mol. The van der Waals surface area contributed by atoms with Crippen LogP contribution in [0.25, 0.3) is 44.3 Å². The van der Waals surface area contributed by atoms with Gasteiger partial charge in [0.05, 0.1) is 37.1 Å². The molecule has 32 heavy (non-hydrogen) atoms. The van der Waals surface area contributed by atoms with E-state index in [0.29, 0.717) is 5.39 Å². The van der Waals surface area contributed by atoms with Crippen LogP contribution in [0, 0.1) is 0 Å². The van der Waals surface area contributed by atoms with Crippen molar-refractivity contribution in [3.8, 4) is 22.5 Å². The molecule has 4 aromatic rings. The SMILES string of the molecule is NS(=O)(=O)c1ccc2nc3c(nc2c1)-c1cc(S(=O)(=O)O)cc2cc(S(=O)(=O)O)cc-3c12. The zero-order valence-electron chi connectivity index (χ0n) is 15.6. The molecule has 1 aromatic heterocycles. The lowest BCUT2D eigenvalue weighted by atomic mass is 10.0. The summed E-state index contributed by atoms with van der Waals surface area (Å²) in [5.74, 6) is 0. The highest BCUT2D eigenvalue weighted by molar-refractivity contribution is 7.89. The van der Waals surface area contributed by atoms with Gasteiger partial charge in [-0.25, -0.2) is 23.5 Å². The minimum Gasteiger partial charge on any atom is -0.282 e. The molecule has 1 heterocycles. The molecule has 0 saturated carbocycles. The molecule has 0 unspecified atom stereocenters. The molecule has 0 bridgehead atoms. The molecule has 0 saturated heterocycles. The van der Waals surface area contributed by atoms with Gasteiger partial charge in [0.1, 0.15) is 0 Å². The van der Waals surface area contributed by atoms with Crippen LogP contribution in [0.3, 0.4) is 0 Å². The van der Waals surface area contributed by atoms with Crippen molar-refractivity contribution in [1.29, 1.82) is 0 Å². The van der Waals surface area contributed by atoms with Crippen molar-refractivity contribution in [2.75, 3.05) is 0 Å². The fraction of sp³-hybridized carbons (Fsp3) is 0. The lowest BCUT2D eigenvalue weighted by Gasteiger charge is -2.07. The zero-order chi connectivity index (χ0) is 23.2. The minimum atomic E-state index is -4.68. The number of hydrogen-bond donors (Lipinski definition) is 3. The van der Waals surface area contributed by atoms with Crippen LogP contribution in [-0.4, -0.2) is 44.3 Å². The van der Waals surface area contributed by atoms with Crippen molar-refractivity contribution >= 4 is 52.1 Å². The van der Waals surface area contributed by atoms with Gasteiger partial charge in [-0.2, -0.15) is 16.8 Å². The largest absolute Gasteiger partial charge is 0.294 e. The Morgan fingerprint density at radius 3 is 1.62 bits per heavy atom. The normalized spacial score (nSPS) is 13.6. The molecule has 0 amide bonds. The maximum Gasteiger partial charge on any atom is 0.294 e. The smallest absolute Gasteiger partial charge is 0.282 e. The molecule has 0 radical (unpaired) electrons. The molecule has 1 aliphatic rings. The third-order valence-electron chi connectivity index (χ3n) is 5.07. The standard InChI is InChI=1S/C18H11N3O8S3/c19-30(22,23)9-1-2-14-15(7-9)21-18-13-6-11(32(27,28)29)4-8-3-10(31(24,25)26)5-12(16(8)13)17(18)20-14/h1-7H,(H2,19,22,23)(H,24,25,26)(H,27,28,29). The third kappa shape index (κ3) is 3.16. The van der Waals surface area contributed by atoms with E-state index in [-0.39, 0.29) is 43.8 Å². The number of benzene rings is 3. The number of nitrogens with two attached hydrogens (primary N) is 1. The van der Waals surface area contributed by atoms with E-state index in [1.165, 1.54) is 24.3 Å². The Bertz CT molecular complexity index is 1840. The van der Waals surface area contributed by atoms with Crippen molar-refractivity contribution in [2.24, 2.45) is 5.14 Å². The molecule has 0 aliphatic heterocycles.